The lowest BCUT2D eigenvalue weighted by Crippen LogP contribution is -1.98. The monoisotopic (exact) mass is 270 g/mol. The fourth-order valence-corrected chi connectivity index (χ4v) is 3.41. The van der Waals surface area contributed by atoms with E-state index in [1.54, 1.807) is 10.9 Å². The van der Waals surface area contributed by atoms with Gasteiger partial charge in [0.15, 0.2) is 0 Å². The molecule has 1 aliphatic rings. The van der Waals surface area contributed by atoms with Crippen LogP contribution in [0, 0.1) is 10.8 Å². The van der Waals surface area contributed by atoms with E-state index in [1.165, 1.54) is 0 Å². The lowest BCUT2D eigenvalue weighted by molar-refractivity contribution is 0.457. The molecule has 0 atom stereocenters. The van der Waals surface area contributed by atoms with Gasteiger partial charge < -0.3 is 5.73 Å². The summed E-state index contributed by atoms with van der Waals surface area (Å²) in [6.07, 6.45) is 1.80. The van der Waals surface area contributed by atoms with Crippen LogP contribution in [0.15, 0.2) is 24.4 Å². The molecule has 0 aliphatic heterocycles. The van der Waals surface area contributed by atoms with Gasteiger partial charge in [0, 0.05) is 19.2 Å². The van der Waals surface area contributed by atoms with Crippen molar-refractivity contribution >= 4 is 5.82 Å². The van der Waals surface area contributed by atoms with Crippen LogP contribution < -0.4 is 5.73 Å². The quantitative estimate of drug-likeness (QED) is 0.911. The molecule has 3 rings (SSSR count). The van der Waals surface area contributed by atoms with Crippen molar-refractivity contribution < 1.29 is 0 Å². The standard InChI is InChI=1S/C16H22N4/c1-15(2)13(16(15,3)4)12-11(14(17)20(5)19-12)10-8-6-7-9-18-10/h6-9,13H,17H2,1-5H3. The lowest BCUT2D eigenvalue weighted by Gasteiger charge is -2.04. The average Bonchev–Trinajstić information content (AvgIpc) is 2.62. The predicted molar refractivity (Wildman–Crippen MR) is 81.2 cm³/mol. The molecule has 1 aliphatic carbocycles. The topological polar surface area (TPSA) is 56.7 Å². The minimum atomic E-state index is 0.233. The Labute approximate surface area is 120 Å². The summed E-state index contributed by atoms with van der Waals surface area (Å²) in [5, 5.41) is 4.69. The number of nitrogens with zero attached hydrogens (tertiary/aromatic N) is 3. The van der Waals surface area contributed by atoms with Crippen LogP contribution >= 0.6 is 0 Å². The third kappa shape index (κ3) is 1.54. The molecule has 1 saturated carbocycles. The molecule has 0 bridgehead atoms. The molecule has 0 aromatic carbocycles. The number of hydrogen-bond acceptors (Lipinski definition) is 3. The van der Waals surface area contributed by atoms with E-state index < -0.39 is 0 Å². The van der Waals surface area contributed by atoms with Gasteiger partial charge in [0.25, 0.3) is 0 Å². The van der Waals surface area contributed by atoms with Gasteiger partial charge in [-0.2, -0.15) is 5.10 Å². The van der Waals surface area contributed by atoms with Crippen molar-refractivity contribution in [2.75, 3.05) is 5.73 Å². The molecular formula is C16H22N4. The fraction of sp³-hybridized carbons (Fsp3) is 0.500. The molecule has 0 unspecified atom stereocenters. The molecule has 2 N–H and O–H groups in total. The maximum absolute atomic E-state index is 6.24. The minimum absolute atomic E-state index is 0.233. The largest absolute Gasteiger partial charge is 0.383 e. The molecule has 2 aromatic heterocycles. The van der Waals surface area contributed by atoms with E-state index in [0.29, 0.717) is 11.7 Å². The van der Waals surface area contributed by atoms with Gasteiger partial charge in [0.05, 0.1) is 17.0 Å². The highest BCUT2D eigenvalue weighted by Gasteiger charge is 2.66. The Kier molecular flexibility index (Phi) is 2.53. The second kappa shape index (κ2) is 3.84. The smallest absolute Gasteiger partial charge is 0.131 e. The Bertz CT molecular complexity index is 639. The maximum atomic E-state index is 6.24. The van der Waals surface area contributed by atoms with E-state index in [2.05, 4.69) is 32.7 Å². The Morgan fingerprint density at radius 2 is 1.80 bits per heavy atom. The number of rotatable bonds is 2. The van der Waals surface area contributed by atoms with Crippen LogP contribution in [0.25, 0.3) is 11.3 Å². The highest BCUT2D eigenvalue weighted by Crippen LogP contribution is 2.74. The van der Waals surface area contributed by atoms with Crippen molar-refractivity contribution in [1.82, 2.24) is 14.8 Å². The first kappa shape index (κ1) is 13.2. The Balaban J connectivity index is 2.18. The van der Waals surface area contributed by atoms with Gasteiger partial charge in [-0.25, -0.2) is 0 Å². The van der Waals surface area contributed by atoms with E-state index in [-0.39, 0.29) is 10.8 Å². The summed E-state index contributed by atoms with van der Waals surface area (Å²) in [7, 11) is 1.90. The van der Waals surface area contributed by atoms with E-state index in [9.17, 15) is 0 Å². The zero-order chi connectivity index (χ0) is 14.7. The number of hydrogen-bond donors (Lipinski definition) is 1. The van der Waals surface area contributed by atoms with E-state index in [4.69, 9.17) is 10.8 Å². The van der Waals surface area contributed by atoms with E-state index >= 15 is 0 Å². The molecule has 2 aromatic rings. The number of pyridine rings is 1. The van der Waals surface area contributed by atoms with Gasteiger partial charge in [-0.1, -0.05) is 33.8 Å². The lowest BCUT2D eigenvalue weighted by atomic mass is 10.0. The molecule has 2 heterocycles. The summed E-state index contributed by atoms with van der Waals surface area (Å²) in [6, 6.07) is 5.90. The molecule has 4 nitrogen and oxygen atoms in total. The van der Waals surface area contributed by atoms with Crippen LogP contribution in [0.5, 0.6) is 0 Å². The van der Waals surface area contributed by atoms with Crippen LogP contribution in [0.3, 0.4) is 0 Å². The van der Waals surface area contributed by atoms with Crippen molar-refractivity contribution in [3.05, 3.63) is 30.1 Å². The van der Waals surface area contributed by atoms with Gasteiger partial charge >= 0.3 is 0 Å². The first-order valence-corrected chi connectivity index (χ1v) is 7.02. The summed E-state index contributed by atoms with van der Waals surface area (Å²) < 4.78 is 1.77. The summed E-state index contributed by atoms with van der Waals surface area (Å²) in [5.41, 5.74) is 9.69. The summed E-state index contributed by atoms with van der Waals surface area (Å²) in [4.78, 5) is 4.46. The number of aromatic nitrogens is 3. The van der Waals surface area contributed by atoms with Crippen molar-refractivity contribution in [3.8, 4) is 11.3 Å². The molecular weight excluding hydrogens is 248 g/mol. The fourth-order valence-electron chi connectivity index (χ4n) is 3.41. The molecule has 0 spiro atoms. The van der Waals surface area contributed by atoms with Gasteiger partial charge in [0.1, 0.15) is 5.82 Å². The Morgan fingerprint density at radius 3 is 2.30 bits per heavy atom. The van der Waals surface area contributed by atoms with Crippen molar-refractivity contribution in [1.29, 1.82) is 0 Å². The molecule has 0 saturated heterocycles. The van der Waals surface area contributed by atoms with Crippen LogP contribution in [-0.4, -0.2) is 14.8 Å². The number of aryl methyl sites for hydroxylation is 1. The van der Waals surface area contributed by atoms with Crippen molar-refractivity contribution in [3.63, 3.8) is 0 Å². The summed E-state index contributed by atoms with van der Waals surface area (Å²) in [5.74, 6) is 1.10. The van der Waals surface area contributed by atoms with E-state index in [0.717, 1.165) is 17.0 Å². The van der Waals surface area contributed by atoms with Gasteiger partial charge in [0.2, 0.25) is 0 Å². The van der Waals surface area contributed by atoms with E-state index in [1.807, 2.05) is 25.2 Å². The van der Waals surface area contributed by atoms with Gasteiger partial charge in [-0.3, -0.25) is 9.67 Å². The average molecular weight is 270 g/mol. The van der Waals surface area contributed by atoms with Crippen LogP contribution in [0.1, 0.15) is 39.3 Å². The first-order chi connectivity index (χ1) is 9.28. The summed E-state index contributed by atoms with van der Waals surface area (Å²) >= 11 is 0. The Morgan fingerprint density at radius 1 is 1.15 bits per heavy atom. The SMILES string of the molecule is Cn1nc(C2C(C)(C)C2(C)C)c(-c2ccccn2)c1N. The molecule has 1 fully saturated rings. The second-order valence-electron chi connectivity index (χ2n) is 6.86. The van der Waals surface area contributed by atoms with Crippen molar-refractivity contribution in [2.45, 2.75) is 33.6 Å². The second-order valence-corrected chi connectivity index (χ2v) is 6.86. The van der Waals surface area contributed by atoms with Crippen molar-refractivity contribution in [2.24, 2.45) is 17.9 Å². The number of nitrogen functional groups attached to an aromatic ring is 1. The summed E-state index contributed by atoms with van der Waals surface area (Å²) in [6.45, 7) is 9.19. The molecule has 20 heavy (non-hydrogen) atoms. The van der Waals surface area contributed by atoms with Crippen LogP contribution in [0.4, 0.5) is 5.82 Å². The zero-order valence-corrected chi connectivity index (χ0v) is 12.8. The number of nitrogens with two attached hydrogens (primary N) is 1. The third-order valence-corrected chi connectivity index (χ3v) is 5.33. The highest BCUT2D eigenvalue weighted by atomic mass is 15.3. The third-order valence-electron chi connectivity index (χ3n) is 5.33. The molecule has 0 amide bonds. The van der Waals surface area contributed by atoms with Gasteiger partial charge in [-0.05, 0) is 23.0 Å². The highest BCUT2D eigenvalue weighted by molar-refractivity contribution is 5.75. The van der Waals surface area contributed by atoms with Gasteiger partial charge in [-0.15, -0.1) is 0 Å². The maximum Gasteiger partial charge on any atom is 0.131 e. The Hall–Kier alpha value is -1.84. The molecule has 106 valence electrons. The molecule has 0 radical (unpaired) electrons. The predicted octanol–water partition coefficient (Wildman–Crippen LogP) is 3.21. The normalized spacial score (nSPS) is 20.1. The zero-order valence-electron chi connectivity index (χ0n) is 12.8. The minimum Gasteiger partial charge on any atom is -0.383 e. The van der Waals surface area contributed by atoms with Crippen LogP contribution in [-0.2, 0) is 7.05 Å². The van der Waals surface area contributed by atoms with Crippen LogP contribution in [0.2, 0.25) is 0 Å². The molecule has 4 heteroatoms. The number of anilines is 1. The first-order valence-electron chi connectivity index (χ1n) is 7.02.